The number of hydrogen-bond acceptors (Lipinski definition) is 5. The summed E-state index contributed by atoms with van der Waals surface area (Å²) in [7, 11) is 1.57. The monoisotopic (exact) mass is 456 g/mol. The second-order valence-electron chi connectivity index (χ2n) is 9.70. The number of ether oxygens (including phenoxy) is 1. The van der Waals surface area contributed by atoms with Crippen molar-refractivity contribution in [1.29, 1.82) is 0 Å². The van der Waals surface area contributed by atoms with E-state index in [4.69, 9.17) is 4.74 Å². The minimum Gasteiger partial charge on any atom is -0.497 e. The molecule has 0 aromatic heterocycles. The summed E-state index contributed by atoms with van der Waals surface area (Å²) in [4.78, 5) is 55.4. The molecule has 0 aliphatic carbocycles. The highest BCUT2D eigenvalue weighted by Gasteiger charge is 2.54. The Kier molecular flexibility index (Phi) is 7.92. The molecule has 2 aliphatic rings. The van der Waals surface area contributed by atoms with Gasteiger partial charge in [-0.15, -0.1) is 0 Å². The first kappa shape index (κ1) is 24.9. The first-order valence-corrected chi connectivity index (χ1v) is 12.0. The summed E-state index contributed by atoms with van der Waals surface area (Å²) in [6, 6.07) is 7.07. The van der Waals surface area contributed by atoms with Gasteiger partial charge in [0, 0.05) is 44.8 Å². The van der Waals surface area contributed by atoms with E-state index in [9.17, 15) is 19.2 Å². The molecule has 2 fully saturated rings. The zero-order valence-corrected chi connectivity index (χ0v) is 20.3. The van der Waals surface area contributed by atoms with E-state index in [0.29, 0.717) is 43.3 Å². The highest BCUT2D eigenvalue weighted by Crippen LogP contribution is 2.41. The largest absolute Gasteiger partial charge is 0.497 e. The van der Waals surface area contributed by atoms with Crippen LogP contribution in [0.2, 0.25) is 0 Å². The van der Waals surface area contributed by atoms with Crippen LogP contribution in [0.3, 0.4) is 0 Å². The zero-order chi connectivity index (χ0) is 24.2. The molecule has 0 saturated carbocycles. The number of hydrogen-bond donors (Lipinski definition) is 0. The second kappa shape index (κ2) is 10.5. The number of nitrogens with zero attached hydrogens (tertiary/aromatic N) is 2. The summed E-state index contributed by atoms with van der Waals surface area (Å²) in [5.41, 5.74) is -0.570. The Hall–Kier alpha value is -2.70. The third-order valence-electron chi connectivity index (χ3n) is 7.01. The smallest absolute Gasteiger partial charge is 0.240 e. The van der Waals surface area contributed by atoms with E-state index < -0.39 is 5.41 Å². The molecule has 2 heterocycles. The van der Waals surface area contributed by atoms with Gasteiger partial charge in [0.15, 0.2) is 0 Å². The number of carbonyl (C=O) groups is 4. The number of carbonyl (C=O) groups excluding carboxylic acids is 4. The Morgan fingerprint density at radius 2 is 1.88 bits per heavy atom. The van der Waals surface area contributed by atoms with Crippen LogP contribution in [0.4, 0.5) is 0 Å². The number of rotatable bonds is 9. The lowest BCUT2D eigenvalue weighted by atomic mass is 9.75. The maximum atomic E-state index is 13.7. The van der Waals surface area contributed by atoms with Gasteiger partial charge >= 0.3 is 0 Å². The van der Waals surface area contributed by atoms with Gasteiger partial charge in [-0.3, -0.25) is 24.1 Å². The van der Waals surface area contributed by atoms with Gasteiger partial charge in [0.1, 0.15) is 11.5 Å². The number of piperidine rings is 1. The molecule has 1 aromatic rings. The summed E-state index contributed by atoms with van der Waals surface area (Å²) in [6.07, 6.45) is 2.64. The van der Waals surface area contributed by atoms with Crippen molar-refractivity contribution in [3.63, 3.8) is 0 Å². The quantitative estimate of drug-likeness (QED) is 0.532. The van der Waals surface area contributed by atoms with Crippen LogP contribution in [-0.4, -0.2) is 60.0 Å². The van der Waals surface area contributed by atoms with Crippen molar-refractivity contribution in [2.75, 3.05) is 26.7 Å². The molecule has 33 heavy (non-hydrogen) atoms. The fraction of sp³-hybridized carbons (Fsp3) is 0.615. The topological polar surface area (TPSA) is 84.0 Å². The van der Waals surface area contributed by atoms with Gasteiger partial charge in [0.25, 0.3) is 0 Å². The van der Waals surface area contributed by atoms with Gasteiger partial charge in [-0.2, -0.15) is 0 Å². The van der Waals surface area contributed by atoms with Crippen LogP contribution in [0.1, 0.15) is 64.9 Å². The summed E-state index contributed by atoms with van der Waals surface area (Å²) in [5, 5.41) is 0. The lowest BCUT2D eigenvalue weighted by molar-refractivity contribution is -0.144. The molecule has 180 valence electrons. The van der Waals surface area contributed by atoms with Crippen LogP contribution < -0.4 is 4.74 Å². The molecular formula is C26H36N2O5. The van der Waals surface area contributed by atoms with Crippen LogP contribution in [0, 0.1) is 11.8 Å². The van der Waals surface area contributed by atoms with Crippen LogP contribution in [0.5, 0.6) is 5.75 Å². The molecule has 2 saturated heterocycles. The van der Waals surface area contributed by atoms with Gasteiger partial charge in [0.05, 0.1) is 12.5 Å². The van der Waals surface area contributed by atoms with Crippen molar-refractivity contribution < 1.29 is 23.9 Å². The fourth-order valence-corrected chi connectivity index (χ4v) is 4.92. The van der Waals surface area contributed by atoms with Crippen molar-refractivity contribution in [3.05, 3.63) is 29.8 Å². The summed E-state index contributed by atoms with van der Waals surface area (Å²) >= 11 is 0. The van der Waals surface area contributed by atoms with Gasteiger partial charge in [-0.1, -0.05) is 32.9 Å². The van der Waals surface area contributed by atoms with E-state index in [1.165, 1.54) is 4.90 Å². The molecular weight excluding hydrogens is 420 g/mol. The predicted octanol–water partition coefficient (Wildman–Crippen LogP) is 3.35. The van der Waals surface area contributed by atoms with Crippen LogP contribution in [0.15, 0.2) is 24.3 Å². The number of imide groups is 1. The molecule has 0 spiro atoms. The number of methoxy groups -OCH3 is 1. The van der Waals surface area contributed by atoms with Crippen LogP contribution in [0.25, 0.3) is 0 Å². The van der Waals surface area contributed by atoms with E-state index >= 15 is 0 Å². The molecule has 2 atom stereocenters. The molecule has 3 rings (SSSR count). The number of amides is 3. The van der Waals surface area contributed by atoms with E-state index in [0.717, 1.165) is 19.3 Å². The first-order chi connectivity index (χ1) is 15.7. The highest BCUT2D eigenvalue weighted by atomic mass is 16.5. The van der Waals surface area contributed by atoms with E-state index in [-0.39, 0.29) is 42.3 Å². The van der Waals surface area contributed by atoms with E-state index in [2.05, 4.69) is 13.8 Å². The standard InChI is InChI=1S/C26H36N2O5/c1-5-22(29)19-7-6-13-27(17-19)23(30)15-26(20-8-10-21(33-4)11-9-20)16-24(31)28(25(26)32)14-12-18(2)3/h8-11,18-19H,5-7,12-17H2,1-4H3. The molecule has 3 amide bonds. The van der Waals surface area contributed by atoms with Gasteiger partial charge in [0.2, 0.25) is 17.7 Å². The van der Waals surface area contributed by atoms with Crippen LogP contribution >= 0.6 is 0 Å². The summed E-state index contributed by atoms with van der Waals surface area (Å²) in [6.45, 7) is 7.27. The molecule has 0 bridgehead atoms. The van der Waals surface area contributed by atoms with Crippen molar-refractivity contribution >= 4 is 23.5 Å². The number of likely N-dealkylation sites (tertiary alicyclic amines) is 2. The third-order valence-corrected chi connectivity index (χ3v) is 7.01. The maximum Gasteiger partial charge on any atom is 0.240 e. The Balaban J connectivity index is 1.89. The van der Waals surface area contributed by atoms with E-state index in [1.54, 1.807) is 36.3 Å². The molecule has 0 radical (unpaired) electrons. The average molecular weight is 457 g/mol. The summed E-state index contributed by atoms with van der Waals surface area (Å²) < 4.78 is 5.25. The Morgan fingerprint density at radius 3 is 2.48 bits per heavy atom. The van der Waals surface area contributed by atoms with Crippen molar-refractivity contribution in [2.45, 2.75) is 64.7 Å². The predicted molar refractivity (Wildman–Crippen MR) is 125 cm³/mol. The third kappa shape index (κ3) is 5.28. The fourth-order valence-electron chi connectivity index (χ4n) is 4.92. The van der Waals surface area contributed by atoms with Crippen molar-refractivity contribution in [1.82, 2.24) is 9.80 Å². The summed E-state index contributed by atoms with van der Waals surface area (Å²) in [5.74, 6) is 0.311. The Bertz CT molecular complexity index is 894. The molecule has 2 aliphatic heterocycles. The zero-order valence-electron chi connectivity index (χ0n) is 20.3. The Labute approximate surface area is 196 Å². The first-order valence-electron chi connectivity index (χ1n) is 12.0. The molecule has 2 unspecified atom stereocenters. The molecule has 7 nitrogen and oxygen atoms in total. The second-order valence-corrected chi connectivity index (χ2v) is 9.70. The highest BCUT2D eigenvalue weighted by molar-refractivity contribution is 6.10. The van der Waals surface area contributed by atoms with Crippen molar-refractivity contribution in [2.24, 2.45) is 11.8 Å². The normalized spacial score (nSPS) is 23.4. The lowest BCUT2D eigenvalue weighted by Crippen LogP contribution is -2.47. The average Bonchev–Trinajstić information content (AvgIpc) is 3.06. The van der Waals surface area contributed by atoms with Gasteiger partial charge < -0.3 is 9.64 Å². The number of benzene rings is 1. The number of ketones is 1. The Morgan fingerprint density at radius 1 is 1.18 bits per heavy atom. The molecule has 0 N–H and O–H groups in total. The van der Waals surface area contributed by atoms with Gasteiger partial charge in [-0.05, 0) is 42.9 Å². The number of Topliss-reactive ketones (excluding diaryl/α,β-unsaturated/α-hetero) is 1. The lowest BCUT2D eigenvalue weighted by Gasteiger charge is -2.35. The van der Waals surface area contributed by atoms with Crippen molar-refractivity contribution in [3.8, 4) is 5.75 Å². The maximum absolute atomic E-state index is 13.7. The van der Waals surface area contributed by atoms with Crippen LogP contribution in [-0.2, 0) is 24.6 Å². The van der Waals surface area contributed by atoms with Gasteiger partial charge in [-0.25, -0.2) is 0 Å². The molecule has 7 heteroatoms. The molecule has 1 aromatic carbocycles. The SMILES string of the molecule is CCC(=O)C1CCCN(C(=O)CC2(c3ccc(OC)cc3)CC(=O)N(CCC(C)C)C2=O)C1. The van der Waals surface area contributed by atoms with E-state index in [1.807, 2.05) is 6.92 Å². The minimum absolute atomic E-state index is 0.0207. The minimum atomic E-state index is -1.22.